The lowest BCUT2D eigenvalue weighted by Gasteiger charge is -2.15. The second-order valence-electron chi connectivity index (χ2n) is 5.33. The standard InChI is InChI=1S/C11H16N5O5PS2/c12-11-14-9-8(10(23)15-11)13-3-16(9)7-1-5(17)6(21-7)2-24-4-22(18,19)20/h3,5-7,17H,1-2,4H2,(H2,18,19,20)(H3,12,14,15,23)/t5-,6+,7+/m0/s1. The third kappa shape index (κ3) is 3.85. The third-order valence-electron chi connectivity index (χ3n) is 3.48. The SMILES string of the molecule is Nc1nc(S)c2ncn([C@H]3C[C@H](O)[C@@H](CSCP(=O)(O)O)O3)c2n1. The van der Waals surface area contributed by atoms with Gasteiger partial charge in [-0.05, 0) is 0 Å². The predicted octanol–water partition coefficient (Wildman–Crippen LogP) is 0.214. The molecule has 3 heterocycles. The summed E-state index contributed by atoms with van der Waals surface area (Å²) in [7, 11) is -4.08. The van der Waals surface area contributed by atoms with Crippen molar-refractivity contribution in [1.82, 2.24) is 19.5 Å². The summed E-state index contributed by atoms with van der Waals surface area (Å²) in [4.78, 5) is 30.0. The topological polar surface area (TPSA) is 157 Å². The highest BCUT2D eigenvalue weighted by Crippen LogP contribution is 2.40. The van der Waals surface area contributed by atoms with E-state index in [-0.39, 0.29) is 17.2 Å². The number of hydrogen-bond acceptors (Lipinski definition) is 9. The van der Waals surface area contributed by atoms with Crippen LogP contribution in [0, 0.1) is 0 Å². The summed E-state index contributed by atoms with van der Waals surface area (Å²) in [6, 6.07) is 0. The average molecular weight is 393 g/mol. The van der Waals surface area contributed by atoms with Crippen LogP contribution in [0.25, 0.3) is 11.2 Å². The maximum atomic E-state index is 10.9. The Hall–Kier alpha value is -0.880. The zero-order valence-electron chi connectivity index (χ0n) is 12.3. The second-order valence-corrected chi connectivity index (χ2v) is 8.85. The first-order valence-corrected chi connectivity index (χ1v) is 10.3. The van der Waals surface area contributed by atoms with Crippen molar-refractivity contribution in [2.24, 2.45) is 0 Å². The van der Waals surface area contributed by atoms with Gasteiger partial charge in [-0.15, -0.1) is 24.4 Å². The first-order valence-electron chi connectivity index (χ1n) is 6.89. The van der Waals surface area contributed by atoms with Crippen LogP contribution < -0.4 is 5.73 Å². The molecule has 0 amide bonds. The largest absolute Gasteiger partial charge is 0.390 e. The van der Waals surface area contributed by atoms with E-state index in [2.05, 4.69) is 27.6 Å². The molecule has 0 aromatic carbocycles. The summed E-state index contributed by atoms with van der Waals surface area (Å²) in [5, 5.41) is 10.5. The zero-order chi connectivity index (χ0) is 17.5. The first-order chi connectivity index (χ1) is 11.2. The van der Waals surface area contributed by atoms with Crippen molar-refractivity contribution in [3.63, 3.8) is 0 Å². The van der Waals surface area contributed by atoms with E-state index in [0.717, 1.165) is 11.8 Å². The summed E-state index contributed by atoms with van der Waals surface area (Å²) in [6.07, 6.45) is 0.0113. The van der Waals surface area contributed by atoms with Gasteiger partial charge in [0, 0.05) is 12.2 Å². The number of nitrogens with zero attached hydrogens (tertiary/aromatic N) is 4. The fourth-order valence-electron chi connectivity index (χ4n) is 2.45. The number of aliphatic hydroxyl groups excluding tert-OH is 1. The molecule has 0 unspecified atom stereocenters. The van der Waals surface area contributed by atoms with Gasteiger partial charge in [0.05, 0.1) is 24.0 Å². The molecule has 5 N–H and O–H groups in total. The van der Waals surface area contributed by atoms with Crippen LogP contribution in [0.15, 0.2) is 11.4 Å². The third-order valence-corrected chi connectivity index (χ3v) is 6.43. The zero-order valence-corrected chi connectivity index (χ0v) is 14.9. The minimum Gasteiger partial charge on any atom is -0.390 e. The van der Waals surface area contributed by atoms with Gasteiger partial charge in [0.25, 0.3) is 0 Å². The van der Waals surface area contributed by atoms with E-state index >= 15 is 0 Å². The molecule has 3 atom stereocenters. The van der Waals surface area contributed by atoms with Gasteiger partial charge in [-0.25, -0.2) is 9.97 Å². The summed E-state index contributed by atoms with van der Waals surface area (Å²) in [5.74, 6) is 0.325. The Bertz CT molecular complexity index is 798. The summed E-state index contributed by atoms with van der Waals surface area (Å²) in [5.41, 5.74) is 6.25. The van der Waals surface area contributed by atoms with Gasteiger partial charge < -0.3 is 25.4 Å². The number of thioether (sulfide) groups is 1. The fourth-order valence-corrected chi connectivity index (χ4v) is 4.62. The minimum absolute atomic E-state index is 0.0570. The molecular formula is C11H16N5O5PS2. The van der Waals surface area contributed by atoms with Crippen LogP contribution in [0.4, 0.5) is 5.95 Å². The molecule has 0 aliphatic carbocycles. The van der Waals surface area contributed by atoms with E-state index in [1.807, 2.05) is 0 Å². The number of anilines is 1. The number of fused-ring (bicyclic) bond motifs is 1. The molecule has 0 bridgehead atoms. The Morgan fingerprint density at radius 2 is 2.25 bits per heavy atom. The Labute approximate surface area is 146 Å². The van der Waals surface area contributed by atoms with E-state index in [0.29, 0.717) is 22.6 Å². The van der Waals surface area contributed by atoms with Gasteiger partial charge in [-0.1, -0.05) is 0 Å². The average Bonchev–Trinajstić information content (AvgIpc) is 3.01. The number of thiol groups is 1. The molecule has 132 valence electrons. The Morgan fingerprint density at radius 1 is 1.50 bits per heavy atom. The normalized spacial score (nSPS) is 24.8. The van der Waals surface area contributed by atoms with Crippen LogP contribution in [0.5, 0.6) is 0 Å². The van der Waals surface area contributed by atoms with Gasteiger partial charge in [-0.3, -0.25) is 9.13 Å². The van der Waals surface area contributed by atoms with Gasteiger partial charge >= 0.3 is 7.60 Å². The molecule has 0 spiro atoms. The van der Waals surface area contributed by atoms with Crippen LogP contribution in [0.1, 0.15) is 12.6 Å². The molecule has 10 nitrogen and oxygen atoms in total. The minimum atomic E-state index is -4.08. The Morgan fingerprint density at radius 3 is 2.96 bits per heavy atom. The van der Waals surface area contributed by atoms with Crippen molar-refractivity contribution in [2.45, 2.75) is 29.9 Å². The summed E-state index contributed by atoms with van der Waals surface area (Å²) in [6.45, 7) is 0. The van der Waals surface area contributed by atoms with Crippen molar-refractivity contribution in [3.05, 3.63) is 6.33 Å². The molecule has 1 aliphatic rings. The van der Waals surface area contributed by atoms with E-state index in [9.17, 15) is 9.67 Å². The molecule has 0 saturated carbocycles. The molecule has 24 heavy (non-hydrogen) atoms. The van der Waals surface area contributed by atoms with Gasteiger partial charge in [0.2, 0.25) is 5.95 Å². The van der Waals surface area contributed by atoms with Crippen LogP contribution in [0.2, 0.25) is 0 Å². The molecule has 2 aromatic heterocycles. The van der Waals surface area contributed by atoms with Crippen LogP contribution in [-0.4, -0.2) is 57.9 Å². The molecule has 1 fully saturated rings. The van der Waals surface area contributed by atoms with Crippen LogP contribution >= 0.6 is 32.0 Å². The van der Waals surface area contributed by atoms with E-state index in [1.165, 1.54) is 6.33 Å². The molecule has 0 radical (unpaired) electrons. The first kappa shape index (κ1) is 17.9. The van der Waals surface area contributed by atoms with E-state index in [1.54, 1.807) is 4.57 Å². The number of imidazole rings is 1. The molecule has 1 saturated heterocycles. The predicted molar refractivity (Wildman–Crippen MR) is 90.9 cm³/mol. The van der Waals surface area contributed by atoms with Crippen molar-refractivity contribution >= 4 is 49.1 Å². The maximum Gasteiger partial charge on any atom is 0.335 e. The monoisotopic (exact) mass is 393 g/mol. The van der Waals surface area contributed by atoms with E-state index < -0.39 is 26.0 Å². The smallest absolute Gasteiger partial charge is 0.335 e. The fraction of sp³-hybridized carbons (Fsp3) is 0.545. The van der Waals surface area contributed by atoms with Crippen molar-refractivity contribution in [3.8, 4) is 0 Å². The number of nitrogen functional groups attached to an aromatic ring is 1. The van der Waals surface area contributed by atoms with E-state index in [4.69, 9.17) is 20.3 Å². The molecular weight excluding hydrogens is 377 g/mol. The highest BCUT2D eigenvalue weighted by Gasteiger charge is 2.36. The van der Waals surface area contributed by atoms with Gasteiger partial charge in [0.15, 0.2) is 5.65 Å². The van der Waals surface area contributed by atoms with Gasteiger partial charge in [-0.2, -0.15) is 4.98 Å². The summed E-state index contributed by atoms with van der Waals surface area (Å²) < 4.78 is 18.3. The van der Waals surface area contributed by atoms with Crippen LogP contribution in [0.3, 0.4) is 0 Å². The number of rotatable bonds is 5. The van der Waals surface area contributed by atoms with Crippen LogP contribution in [-0.2, 0) is 9.30 Å². The van der Waals surface area contributed by atoms with Gasteiger partial charge in [0.1, 0.15) is 16.8 Å². The Balaban J connectivity index is 1.74. The molecule has 13 heteroatoms. The molecule has 1 aliphatic heterocycles. The number of nitrogens with two attached hydrogens (primary N) is 1. The lowest BCUT2D eigenvalue weighted by molar-refractivity contribution is -0.00369. The second kappa shape index (κ2) is 6.79. The summed E-state index contributed by atoms with van der Waals surface area (Å²) >= 11 is 5.25. The van der Waals surface area contributed by atoms with Crippen molar-refractivity contribution < 1.29 is 24.2 Å². The molecule has 2 aromatic rings. The quantitative estimate of drug-likeness (QED) is 0.270. The van der Waals surface area contributed by atoms with Crippen molar-refractivity contribution in [2.75, 3.05) is 17.0 Å². The lowest BCUT2D eigenvalue weighted by atomic mass is 10.2. The maximum absolute atomic E-state index is 10.9. The highest BCUT2D eigenvalue weighted by atomic mass is 32.2. The number of aliphatic hydroxyl groups is 1. The van der Waals surface area contributed by atoms with Crippen molar-refractivity contribution in [1.29, 1.82) is 0 Å². The number of aromatic nitrogens is 4. The Kier molecular flexibility index (Phi) is 5.07. The molecule has 3 rings (SSSR count). The number of ether oxygens (including phenoxy) is 1. The highest BCUT2D eigenvalue weighted by molar-refractivity contribution is 8.04. The lowest BCUT2D eigenvalue weighted by Crippen LogP contribution is -2.23. The number of hydrogen-bond donors (Lipinski definition) is 5.